The molecule has 43 heavy (non-hydrogen) atoms. The molecule has 5 heterocycles. The number of rotatable bonds is 8. The Kier molecular flexibility index (Phi) is 7.69. The summed E-state index contributed by atoms with van der Waals surface area (Å²) in [6, 6.07) is 6.57. The first-order chi connectivity index (χ1) is 20.5. The fraction of sp³-hybridized carbons (Fsp3) is 0.571. The maximum atomic E-state index is 13.7. The average Bonchev–Trinajstić information content (AvgIpc) is 3.66. The fourth-order valence-electron chi connectivity index (χ4n) is 6.32. The number of carbonyl (C=O) groups excluding carboxylic acids is 1. The summed E-state index contributed by atoms with van der Waals surface area (Å²) < 4.78 is 58.2. The van der Waals surface area contributed by atoms with Crippen molar-refractivity contribution < 1.29 is 36.9 Å². The van der Waals surface area contributed by atoms with Crippen molar-refractivity contribution >= 4 is 38.5 Å². The van der Waals surface area contributed by atoms with Gasteiger partial charge in [-0.15, -0.1) is 0 Å². The number of imidazole rings is 1. The standard InChI is InChI=1S/C28H36N6O8S/c1-28(2)41-22-20(40-26(23(22)42-28)34-15-32-21-24(29)30-14-31-25(21)34)10-12-43(36,37)18-9-11-33(19(13-18)27(35)39-4)16-5-7-17(38-3)8-6-16/h5-8,14-15,18-20,22-23,26H,9-13H2,1-4H3,(H2,29,30,31)/t18?,19?,20-,22?,23+,26-/m1/s1. The van der Waals surface area contributed by atoms with Gasteiger partial charge < -0.3 is 34.3 Å². The topological polar surface area (TPSA) is 170 Å². The van der Waals surface area contributed by atoms with Gasteiger partial charge in [-0.05, 0) is 57.4 Å². The number of nitrogens with two attached hydrogens (primary N) is 1. The highest BCUT2D eigenvalue weighted by Crippen LogP contribution is 2.45. The molecule has 1 aromatic carbocycles. The van der Waals surface area contributed by atoms with Gasteiger partial charge in [0.05, 0.1) is 37.7 Å². The van der Waals surface area contributed by atoms with Gasteiger partial charge in [0.2, 0.25) is 0 Å². The summed E-state index contributed by atoms with van der Waals surface area (Å²) in [7, 11) is -0.726. The van der Waals surface area contributed by atoms with Crippen LogP contribution in [0.4, 0.5) is 11.5 Å². The Morgan fingerprint density at radius 1 is 1.12 bits per heavy atom. The maximum absolute atomic E-state index is 13.7. The van der Waals surface area contributed by atoms with Crippen molar-refractivity contribution in [2.24, 2.45) is 0 Å². The molecule has 6 atom stereocenters. The Morgan fingerprint density at radius 2 is 1.86 bits per heavy atom. The number of nitrogen functional groups attached to an aromatic ring is 1. The molecule has 3 aromatic rings. The lowest BCUT2D eigenvalue weighted by molar-refractivity contribution is -0.196. The first-order valence-electron chi connectivity index (χ1n) is 14.2. The van der Waals surface area contributed by atoms with Gasteiger partial charge in [-0.1, -0.05) is 0 Å². The monoisotopic (exact) mass is 616 g/mol. The summed E-state index contributed by atoms with van der Waals surface area (Å²) in [5, 5.41) is -0.714. The number of benzene rings is 1. The quantitative estimate of drug-likeness (QED) is 0.364. The van der Waals surface area contributed by atoms with Crippen LogP contribution < -0.4 is 15.4 Å². The molecule has 3 aliphatic heterocycles. The zero-order chi connectivity index (χ0) is 30.5. The second-order valence-corrected chi connectivity index (χ2v) is 13.8. The van der Waals surface area contributed by atoms with Crippen LogP contribution in [-0.4, -0.2) is 95.8 Å². The van der Waals surface area contributed by atoms with Crippen molar-refractivity contribution in [2.75, 3.05) is 37.2 Å². The molecule has 232 valence electrons. The SMILES string of the molecule is COC(=O)C1CC(S(=O)(=O)CC[C@H]2O[C@@H](n3cnc4c(N)ncnc43)[C@H]3OC(C)(C)OC23)CCN1c1ccc(OC)cc1. The van der Waals surface area contributed by atoms with Crippen molar-refractivity contribution in [1.82, 2.24) is 19.5 Å². The van der Waals surface area contributed by atoms with Crippen molar-refractivity contribution in [1.29, 1.82) is 0 Å². The molecule has 0 spiro atoms. The molecule has 0 amide bonds. The van der Waals surface area contributed by atoms with E-state index in [1.165, 1.54) is 13.4 Å². The van der Waals surface area contributed by atoms with E-state index in [1.807, 2.05) is 30.9 Å². The summed E-state index contributed by atoms with van der Waals surface area (Å²) in [5.41, 5.74) is 7.69. The molecule has 0 saturated carbocycles. The van der Waals surface area contributed by atoms with E-state index >= 15 is 0 Å². The molecule has 2 aromatic heterocycles. The molecule has 0 bridgehead atoms. The molecule has 3 fully saturated rings. The lowest BCUT2D eigenvalue weighted by atomic mass is 10.0. The largest absolute Gasteiger partial charge is 0.497 e. The van der Waals surface area contributed by atoms with Crippen LogP contribution in [0, 0.1) is 0 Å². The Morgan fingerprint density at radius 3 is 2.58 bits per heavy atom. The first-order valence-corrected chi connectivity index (χ1v) is 15.9. The highest BCUT2D eigenvalue weighted by atomic mass is 32.2. The zero-order valence-corrected chi connectivity index (χ0v) is 25.3. The third-order valence-corrected chi connectivity index (χ3v) is 10.7. The zero-order valence-electron chi connectivity index (χ0n) is 24.5. The van der Waals surface area contributed by atoms with Gasteiger partial charge in [-0.3, -0.25) is 4.57 Å². The van der Waals surface area contributed by atoms with Gasteiger partial charge in [-0.2, -0.15) is 0 Å². The molecular weight excluding hydrogens is 580 g/mol. The number of esters is 1. The minimum Gasteiger partial charge on any atom is -0.497 e. The number of hydrogen-bond acceptors (Lipinski definition) is 13. The third-order valence-electron chi connectivity index (χ3n) is 8.41. The van der Waals surface area contributed by atoms with Gasteiger partial charge in [0.1, 0.15) is 35.8 Å². The third kappa shape index (κ3) is 5.50. The van der Waals surface area contributed by atoms with Crippen molar-refractivity contribution in [3.05, 3.63) is 36.9 Å². The van der Waals surface area contributed by atoms with Crippen LogP contribution in [0.2, 0.25) is 0 Å². The minimum absolute atomic E-state index is 0.121. The molecule has 3 aliphatic rings. The van der Waals surface area contributed by atoms with Crippen LogP contribution in [-0.2, 0) is 33.6 Å². The van der Waals surface area contributed by atoms with Crippen molar-refractivity contribution in [2.45, 2.75) is 74.7 Å². The summed E-state index contributed by atoms with van der Waals surface area (Å²) in [4.78, 5) is 27.4. The number of nitrogens with zero attached hydrogens (tertiary/aromatic N) is 5. The average molecular weight is 617 g/mol. The highest BCUT2D eigenvalue weighted by Gasteiger charge is 2.56. The summed E-state index contributed by atoms with van der Waals surface area (Å²) in [6.45, 7) is 4.00. The molecule has 3 unspecified atom stereocenters. The second-order valence-electron chi connectivity index (χ2n) is 11.4. The molecule has 6 rings (SSSR count). The number of hydrogen-bond donors (Lipinski definition) is 1. The van der Waals surface area contributed by atoms with Crippen LogP contribution in [0.15, 0.2) is 36.9 Å². The number of fused-ring (bicyclic) bond motifs is 2. The lowest BCUT2D eigenvalue weighted by Crippen LogP contribution is -2.51. The van der Waals surface area contributed by atoms with E-state index in [1.54, 1.807) is 30.1 Å². The summed E-state index contributed by atoms with van der Waals surface area (Å²) in [6.07, 6.45) is 1.34. The molecule has 0 aliphatic carbocycles. The number of anilines is 2. The van der Waals surface area contributed by atoms with Gasteiger partial charge in [0, 0.05) is 12.2 Å². The summed E-state index contributed by atoms with van der Waals surface area (Å²) in [5.74, 6) is -0.573. The lowest BCUT2D eigenvalue weighted by Gasteiger charge is -2.39. The van der Waals surface area contributed by atoms with Crippen LogP contribution in [0.3, 0.4) is 0 Å². The molecule has 15 heteroatoms. The maximum Gasteiger partial charge on any atom is 0.328 e. The van der Waals surface area contributed by atoms with Crippen molar-refractivity contribution in [3.63, 3.8) is 0 Å². The van der Waals surface area contributed by atoms with E-state index in [0.717, 1.165) is 5.69 Å². The Bertz CT molecular complexity index is 1600. The van der Waals surface area contributed by atoms with E-state index in [9.17, 15) is 13.2 Å². The van der Waals surface area contributed by atoms with E-state index in [-0.39, 0.29) is 24.4 Å². The number of methoxy groups -OCH3 is 2. The number of aromatic nitrogens is 4. The molecule has 14 nitrogen and oxygen atoms in total. The smallest absolute Gasteiger partial charge is 0.328 e. The van der Waals surface area contributed by atoms with Gasteiger partial charge in [0.25, 0.3) is 0 Å². The van der Waals surface area contributed by atoms with E-state index in [0.29, 0.717) is 29.9 Å². The summed E-state index contributed by atoms with van der Waals surface area (Å²) >= 11 is 0. The van der Waals surface area contributed by atoms with Crippen LogP contribution in [0.1, 0.15) is 39.3 Å². The molecule has 0 radical (unpaired) electrons. The fourth-order valence-corrected chi connectivity index (χ4v) is 8.15. The Hall–Kier alpha value is -3.53. The first kappa shape index (κ1) is 29.5. The van der Waals surface area contributed by atoms with Crippen molar-refractivity contribution in [3.8, 4) is 5.75 Å². The Balaban J connectivity index is 1.18. The second kappa shape index (κ2) is 11.2. The van der Waals surface area contributed by atoms with Gasteiger partial charge in [-0.25, -0.2) is 28.2 Å². The number of carbonyl (C=O) groups is 1. The number of ether oxygens (including phenoxy) is 5. The number of piperidine rings is 1. The van der Waals surface area contributed by atoms with E-state index in [2.05, 4.69) is 15.0 Å². The Labute approximate surface area is 249 Å². The van der Waals surface area contributed by atoms with E-state index in [4.69, 9.17) is 29.4 Å². The number of sulfone groups is 1. The predicted molar refractivity (Wildman–Crippen MR) is 155 cm³/mol. The predicted octanol–water partition coefficient (Wildman–Crippen LogP) is 1.85. The molecule has 3 saturated heterocycles. The molecular formula is C28H36N6O8S. The highest BCUT2D eigenvalue weighted by molar-refractivity contribution is 7.92. The van der Waals surface area contributed by atoms with Crippen LogP contribution in [0.5, 0.6) is 5.75 Å². The van der Waals surface area contributed by atoms with Gasteiger partial charge in [0.15, 0.2) is 33.3 Å². The van der Waals surface area contributed by atoms with Gasteiger partial charge >= 0.3 is 5.97 Å². The molecule has 2 N–H and O–H groups in total. The van der Waals surface area contributed by atoms with E-state index < -0.39 is 57.4 Å². The normalized spacial score (nSPS) is 28.6. The minimum atomic E-state index is -3.62. The van der Waals surface area contributed by atoms with Crippen LogP contribution >= 0.6 is 0 Å². The van der Waals surface area contributed by atoms with Crippen LogP contribution in [0.25, 0.3) is 11.2 Å².